The lowest BCUT2D eigenvalue weighted by Gasteiger charge is -2.14. The smallest absolute Gasteiger partial charge is 0.449 e. The molecule has 0 radical (unpaired) electrons. The quantitative estimate of drug-likeness (QED) is 0.585. The summed E-state index contributed by atoms with van der Waals surface area (Å²) < 4.78 is 34.3. The van der Waals surface area contributed by atoms with E-state index in [1.165, 1.54) is 0 Å². The molecule has 0 aliphatic rings. The zero-order chi connectivity index (χ0) is 8.20. The van der Waals surface area contributed by atoms with Crippen LogP contribution in [0.5, 0.6) is 0 Å². The average molecular weight is 157 g/mol. The minimum Gasteiger partial charge on any atom is -0.449 e. The molecule has 0 bridgehead atoms. The number of hydrogen-bond acceptors (Lipinski definition) is 2. The van der Waals surface area contributed by atoms with Crippen molar-refractivity contribution in [2.75, 3.05) is 6.61 Å². The highest BCUT2D eigenvalue weighted by atomic mass is 19.4. The lowest BCUT2D eigenvalue weighted by Crippen LogP contribution is -2.20. The van der Waals surface area contributed by atoms with Crippen molar-refractivity contribution >= 4 is 6.98 Å². The van der Waals surface area contributed by atoms with Crippen molar-refractivity contribution in [1.82, 2.24) is 0 Å². The van der Waals surface area contributed by atoms with Gasteiger partial charge in [-0.25, -0.2) is 0 Å². The summed E-state index contributed by atoms with van der Waals surface area (Å²) in [7, 11) is 0. The summed E-state index contributed by atoms with van der Waals surface area (Å²) in [6.45, 7) is -5.42. The summed E-state index contributed by atoms with van der Waals surface area (Å²) in [4.78, 5) is 0. The van der Waals surface area contributed by atoms with E-state index >= 15 is 0 Å². The van der Waals surface area contributed by atoms with Crippen LogP contribution >= 0.6 is 0 Å². The maximum atomic E-state index is 11.4. The van der Waals surface area contributed by atoms with Crippen LogP contribution in [0.1, 0.15) is 6.42 Å². The third-order valence-electron chi connectivity index (χ3n) is 1.04. The lowest BCUT2D eigenvalue weighted by molar-refractivity contribution is 0.0906. The van der Waals surface area contributed by atoms with Gasteiger partial charge in [-0.3, -0.25) is 0 Å². The summed E-state index contributed by atoms with van der Waals surface area (Å²) >= 11 is 0. The number of rotatable bonds is 4. The fourth-order valence-corrected chi connectivity index (χ4v) is 0.473. The summed E-state index contributed by atoms with van der Waals surface area (Å²) in [5.41, 5.74) is 0. The minimum absolute atomic E-state index is 0.403. The van der Waals surface area contributed by atoms with Gasteiger partial charge in [-0.2, -0.15) is 0 Å². The average Bonchev–Trinajstić information content (AvgIpc) is 1.81. The van der Waals surface area contributed by atoms with Gasteiger partial charge in [-0.15, -0.1) is 0 Å². The molecule has 0 spiro atoms. The van der Waals surface area contributed by atoms with Gasteiger partial charge in [0, 0.05) is 0 Å². The van der Waals surface area contributed by atoms with Crippen LogP contribution in [0.15, 0.2) is 0 Å². The van der Waals surface area contributed by atoms with Crippen LogP contribution in [0.4, 0.5) is 12.9 Å². The number of halogens is 3. The van der Waals surface area contributed by atoms with E-state index in [0.717, 1.165) is 0 Å². The zero-order valence-corrected chi connectivity index (χ0v) is 5.30. The van der Waals surface area contributed by atoms with Crippen molar-refractivity contribution in [3.63, 3.8) is 0 Å². The molecule has 1 atom stereocenters. The van der Waals surface area contributed by atoms with Crippen LogP contribution in [0.25, 0.3) is 0 Å². The van der Waals surface area contributed by atoms with Crippen LogP contribution in [0.3, 0.4) is 0 Å². The van der Waals surface area contributed by atoms with Crippen molar-refractivity contribution in [3.8, 4) is 0 Å². The highest BCUT2D eigenvalue weighted by molar-refractivity contribution is 6.58. The van der Waals surface area contributed by atoms with E-state index in [-0.39, 0.29) is 0 Å². The topological polar surface area (TPSA) is 40.5 Å². The molecule has 0 aromatic rings. The fourth-order valence-electron chi connectivity index (χ4n) is 0.473. The van der Waals surface area contributed by atoms with Crippen molar-refractivity contribution in [3.05, 3.63) is 0 Å². The van der Waals surface area contributed by atoms with Gasteiger partial charge in [0.2, 0.25) is 0 Å². The fraction of sp³-hybridized carbons (Fsp3) is 1.00. The summed E-state index contributed by atoms with van der Waals surface area (Å²) in [6.07, 6.45) is -2.62. The molecular formula is C4H9BF3O2-. The Balaban J connectivity index is 3.36. The van der Waals surface area contributed by atoms with Crippen LogP contribution in [0, 0.1) is 0 Å². The van der Waals surface area contributed by atoms with Gasteiger partial charge in [0.15, 0.2) is 0 Å². The second-order valence-corrected chi connectivity index (χ2v) is 2.12. The van der Waals surface area contributed by atoms with Crippen molar-refractivity contribution < 1.29 is 23.2 Å². The van der Waals surface area contributed by atoms with Crippen LogP contribution in [0.2, 0.25) is 6.32 Å². The molecule has 0 heterocycles. The maximum absolute atomic E-state index is 11.4. The van der Waals surface area contributed by atoms with Crippen LogP contribution in [-0.2, 0) is 0 Å². The first kappa shape index (κ1) is 9.77. The number of aliphatic hydroxyl groups excluding tert-OH is 2. The predicted molar refractivity (Wildman–Crippen MR) is 31.6 cm³/mol. The first-order chi connectivity index (χ1) is 4.45. The Bertz CT molecular complexity index is 95.0. The van der Waals surface area contributed by atoms with E-state index < -0.39 is 32.4 Å². The van der Waals surface area contributed by atoms with Crippen molar-refractivity contribution in [1.29, 1.82) is 0 Å². The van der Waals surface area contributed by atoms with Gasteiger partial charge in [0.25, 0.3) is 0 Å². The molecule has 0 saturated carbocycles. The third-order valence-corrected chi connectivity index (χ3v) is 1.04. The van der Waals surface area contributed by atoms with Crippen LogP contribution in [-0.4, -0.2) is 29.9 Å². The molecule has 0 saturated heterocycles. The van der Waals surface area contributed by atoms with Crippen molar-refractivity contribution in [2.24, 2.45) is 0 Å². The van der Waals surface area contributed by atoms with Gasteiger partial charge in [0.05, 0.1) is 12.7 Å². The second kappa shape index (κ2) is 3.83. The van der Waals surface area contributed by atoms with E-state index in [4.69, 9.17) is 10.2 Å². The van der Waals surface area contributed by atoms with E-state index in [0.29, 0.717) is 0 Å². The molecule has 62 valence electrons. The molecule has 2 nitrogen and oxygen atoms in total. The maximum Gasteiger partial charge on any atom is 0.478 e. The van der Waals surface area contributed by atoms with Gasteiger partial charge in [-0.05, 0) is 6.42 Å². The van der Waals surface area contributed by atoms with E-state index in [1.807, 2.05) is 0 Å². The Morgan fingerprint density at radius 3 is 2.10 bits per heavy atom. The summed E-state index contributed by atoms with van der Waals surface area (Å²) in [5, 5.41) is 16.6. The first-order valence-corrected chi connectivity index (χ1v) is 2.95. The standard InChI is InChI=1S/C4H9BF3O2/c6-5(7,8)2-1-4(10)3-9/h4,9-10H,1-3H2/q-1. The molecule has 1 unspecified atom stereocenters. The molecule has 0 aliphatic carbocycles. The molecule has 0 fully saturated rings. The monoisotopic (exact) mass is 157 g/mol. The molecule has 10 heavy (non-hydrogen) atoms. The molecular weight excluding hydrogens is 148 g/mol. The molecule has 0 rings (SSSR count). The molecule has 0 aliphatic heterocycles. The highest BCUT2D eigenvalue weighted by Crippen LogP contribution is 2.17. The zero-order valence-electron chi connectivity index (χ0n) is 5.30. The Kier molecular flexibility index (Phi) is 3.74. The van der Waals surface area contributed by atoms with Gasteiger partial charge in [0.1, 0.15) is 0 Å². The second-order valence-electron chi connectivity index (χ2n) is 2.12. The summed E-state index contributed by atoms with van der Waals surface area (Å²) in [6, 6.07) is 0. The van der Waals surface area contributed by atoms with Gasteiger partial charge < -0.3 is 23.2 Å². The van der Waals surface area contributed by atoms with Crippen molar-refractivity contribution in [2.45, 2.75) is 18.8 Å². The molecule has 2 N–H and O–H groups in total. The Morgan fingerprint density at radius 1 is 1.30 bits per heavy atom. The molecule has 0 aromatic carbocycles. The van der Waals surface area contributed by atoms with Crippen LogP contribution < -0.4 is 0 Å². The summed E-state index contributed by atoms with van der Waals surface area (Å²) in [5.74, 6) is 0. The van der Waals surface area contributed by atoms with E-state index in [2.05, 4.69) is 0 Å². The number of hydrogen-bond donors (Lipinski definition) is 2. The Hall–Kier alpha value is -0.225. The normalized spacial score (nSPS) is 15.3. The van der Waals surface area contributed by atoms with E-state index in [9.17, 15) is 12.9 Å². The predicted octanol–water partition coefficient (Wildman–Crippen LogP) is 0.577. The highest BCUT2D eigenvalue weighted by Gasteiger charge is 2.23. The van der Waals surface area contributed by atoms with Gasteiger partial charge in [-0.1, -0.05) is 6.32 Å². The Morgan fingerprint density at radius 2 is 1.80 bits per heavy atom. The number of aliphatic hydroxyl groups is 2. The SMILES string of the molecule is OCC(O)CC[B-](F)(F)F. The van der Waals surface area contributed by atoms with E-state index in [1.54, 1.807) is 0 Å². The largest absolute Gasteiger partial charge is 0.478 e. The molecule has 0 aromatic heterocycles. The first-order valence-electron chi connectivity index (χ1n) is 2.95. The van der Waals surface area contributed by atoms with Gasteiger partial charge >= 0.3 is 6.98 Å². The minimum atomic E-state index is -4.81. The lowest BCUT2D eigenvalue weighted by atomic mass is 9.83. The molecule has 0 amide bonds. The third kappa shape index (κ3) is 5.90. The molecule has 6 heteroatoms. The Labute approximate surface area is 56.7 Å².